The highest BCUT2D eigenvalue weighted by Gasteiger charge is 2.19. The van der Waals surface area contributed by atoms with Crippen molar-refractivity contribution in [3.8, 4) is 0 Å². The zero-order valence-corrected chi connectivity index (χ0v) is 7.18. The maximum absolute atomic E-state index is 5.59. The van der Waals surface area contributed by atoms with Crippen LogP contribution in [0.3, 0.4) is 0 Å². The fourth-order valence-corrected chi connectivity index (χ4v) is 1.64. The Hall–Kier alpha value is -0.120. The zero-order valence-electron chi connectivity index (χ0n) is 7.18. The van der Waals surface area contributed by atoms with E-state index in [1.165, 1.54) is 12.8 Å². The lowest BCUT2D eigenvalue weighted by atomic mass is 9.93. The van der Waals surface area contributed by atoms with Gasteiger partial charge in [-0.15, -0.1) is 0 Å². The van der Waals surface area contributed by atoms with Crippen LogP contribution in [0.25, 0.3) is 0 Å². The van der Waals surface area contributed by atoms with Crippen LogP contribution < -0.4 is 11.1 Å². The van der Waals surface area contributed by atoms with Gasteiger partial charge in [0.2, 0.25) is 0 Å². The van der Waals surface area contributed by atoms with E-state index in [1.54, 1.807) is 7.11 Å². The fraction of sp³-hybridized carbons (Fsp3) is 1.00. The van der Waals surface area contributed by atoms with E-state index >= 15 is 0 Å². The first kappa shape index (κ1) is 8.97. The molecule has 0 bridgehead atoms. The Labute approximate surface area is 68.3 Å². The fourth-order valence-electron chi connectivity index (χ4n) is 1.64. The number of hydrogen-bond acceptors (Lipinski definition) is 3. The molecule has 0 aromatic heterocycles. The second kappa shape index (κ2) is 4.70. The van der Waals surface area contributed by atoms with Gasteiger partial charge in [0.05, 0.1) is 6.61 Å². The van der Waals surface area contributed by atoms with Crippen molar-refractivity contribution in [2.45, 2.75) is 18.9 Å². The summed E-state index contributed by atoms with van der Waals surface area (Å²) < 4.78 is 5.07. The van der Waals surface area contributed by atoms with Crippen molar-refractivity contribution >= 4 is 0 Å². The third-order valence-electron chi connectivity index (χ3n) is 2.30. The highest BCUT2D eigenvalue weighted by Crippen LogP contribution is 2.14. The van der Waals surface area contributed by atoms with E-state index in [-0.39, 0.29) is 0 Å². The third-order valence-corrected chi connectivity index (χ3v) is 2.30. The molecule has 1 rings (SSSR count). The molecule has 3 N–H and O–H groups in total. The van der Waals surface area contributed by atoms with Gasteiger partial charge in [-0.25, -0.2) is 0 Å². The van der Waals surface area contributed by atoms with Crippen molar-refractivity contribution in [2.24, 2.45) is 11.7 Å². The topological polar surface area (TPSA) is 47.3 Å². The van der Waals surface area contributed by atoms with Crippen molar-refractivity contribution in [3.05, 3.63) is 0 Å². The van der Waals surface area contributed by atoms with Crippen LogP contribution in [0.15, 0.2) is 0 Å². The molecule has 1 aliphatic heterocycles. The molecule has 3 nitrogen and oxygen atoms in total. The van der Waals surface area contributed by atoms with Crippen molar-refractivity contribution in [1.82, 2.24) is 5.32 Å². The van der Waals surface area contributed by atoms with Crippen LogP contribution in [0.2, 0.25) is 0 Å². The van der Waals surface area contributed by atoms with Gasteiger partial charge in [0.15, 0.2) is 0 Å². The van der Waals surface area contributed by atoms with E-state index in [0.717, 1.165) is 19.7 Å². The average molecular weight is 158 g/mol. The summed E-state index contributed by atoms with van der Waals surface area (Å²) in [6, 6.07) is 0.530. The summed E-state index contributed by atoms with van der Waals surface area (Å²) >= 11 is 0. The van der Waals surface area contributed by atoms with Gasteiger partial charge in [-0.1, -0.05) is 0 Å². The minimum Gasteiger partial charge on any atom is -0.383 e. The molecule has 0 radical (unpaired) electrons. The van der Waals surface area contributed by atoms with Crippen LogP contribution in [-0.2, 0) is 4.74 Å². The molecule has 2 unspecified atom stereocenters. The average Bonchev–Trinajstić information content (AvgIpc) is 2.06. The SMILES string of the molecule is COCC1CC(CN)CCN1. The van der Waals surface area contributed by atoms with E-state index in [0.29, 0.717) is 12.0 Å². The van der Waals surface area contributed by atoms with E-state index in [2.05, 4.69) is 5.32 Å². The number of methoxy groups -OCH3 is 1. The summed E-state index contributed by atoms with van der Waals surface area (Å²) in [5, 5.41) is 3.40. The Morgan fingerprint density at radius 3 is 3.09 bits per heavy atom. The van der Waals surface area contributed by atoms with Gasteiger partial charge in [0, 0.05) is 13.2 Å². The molecule has 66 valence electrons. The van der Waals surface area contributed by atoms with Gasteiger partial charge in [-0.2, -0.15) is 0 Å². The molecule has 2 atom stereocenters. The summed E-state index contributed by atoms with van der Waals surface area (Å²) in [7, 11) is 1.74. The van der Waals surface area contributed by atoms with Crippen molar-refractivity contribution < 1.29 is 4.74 Å². The predicted molar refractivity (Wildman–Crippen MR) is 45.4 cm³/mol. The Morgan fingerprint density at radius 2 is 2.45 bits per heavy atom. The summed E-state index contributed by atoms with van der Waals surface area (Å²) in [5.41, 5.74) is 5.59. The summed E-state index contributed by atoms with van der Waals surface area (Å²) in [6.45, 7) is 2.73. The summed E-state index contributed by atoms with van der Waals surface area (Å²) in [4.78, 5) is 0. The lowest BCUT2D eigenvalue weighted by Gasteiger charge is -2.28. The molecule has 1 aliphatic rings. The monoisotopic (exact) mass is 158 g/mol. The van der Waals surface area contributed by atoms with Gasteiger partial charge in [0.25, 0.3) is 0 Å². The number of hydrogen-bond donors (Lipinski definition) is 2. The van der Waals surface area contributed by atoms with Crippen LogP contribution in [0.5, 0.6) is 0 Å². The van der Waals surface area contributed by atoms with Crippen LogP contribution in [0.1, 0.15) is 12.8 Å². The molecule has 3 heteroatoms. The first-order valence-electron chi connectivity index (χ1n) is 4.29. The van der Waals surface area contributed by atoms with E-state index in [1.807, 2.05) is 0 Å². The normalized spacial score (nSPS) is 32.2. The lowest BCUT2D eigenvalue weighted by Crippen LogP contribution is -2.42. The molecule has 0 aromatic rings. The highest BCUT2D eigenvalue weighted by molar-refractivity contribution is 4.78. The molecule has 0 aliphatic carbocycles. The maximum atomic E-state index is 5.59. The number of ether oxygens (including phenoxy) is 1. The molecule has 0 amide bonds. The molecular weight excluding hydrogens is 140 g/mol. The summed E-state index contributed by atoms with van der Waals surface area (Å²) in [5.74, 6) is 0.705. The number of rotatable bonds is 3. The second-order valence-electron chi connectivity index (χ2n) is 3.23. The molecule has 0 spiro atoms. The van der Waals surface area contributed by atoms with Crippen LogP contribution in [-0.4, -0.2) is 32.8 Å². The molecule has 1 saturated heterocycles. The van der Waals surface area contributed by atoms with Crippen LogP contribution >= 0.6 is 0 Å². The van der Waals surface area contributed by atoms with Gasteiger partial charge < -0.3 is 15.8 Å². The molecule has 1 fully saturated rings. The van der Waals surface area contributed by atoms with E-state index in [9.17, 15) is 0 Å². The smallest absolute Gasteiger partial charge is 0.0615 e. The Balaban J connectivity index is 2.21. The maximum Gasteiger partial charge on any atom is 0.0615 e. The predicted octanol–water partition coefficient (Wildman–Crippen LogP) is -0.0403. The molecular formula is C8H18N2O. The number of nitrogens with two attached hydrogens (primary N) is 1. The number of nitrogens with one attached hydrogen (secondary N) is 1. The quantitative estimate of drug-likeness (QED) is 0.606. The Morgan fingerprint density at radius 1 is 1.64 bits per heavy atom. The largest absolute Gasteiger partial charge is 0.383 e. The van der Waals surface area contributed by atoms with Gasteiger partial charge in [-0.3, -0.25) is 0 Å². The highest BCUT2D eigenvalue weighted by atomic mass is 16.5. The first-order valence-corrected chi connectivity index (χ1v) is 4.29. The molecule has 0 aromatic carbocycles. The summed E-state index contributed by atoms with van der Waals surface area (Å²) in [6.07, 6.45) is 2.39. The molecule has 1 heterocycles. The molecule has 11 heavy (non-hydrogen) atoms. The Kier molecular flexibility index (Phi) is 3.83. The van der Waals surface area contributed by atoms with Gasteiger partial charge >= 0.3 is 0 Å². The second-order valence-corrected chi connectivity index (χ2v) is 3.23. The van der Waals surface area contributed by atoms with Crippen molar-refractivity contribution in [3.63, 3.8) is 0 Å². The van der Waals surface area contributed by atoms with Crippen molar-refractivity contribution in [2.75, 3.05) is 26.8 Å². The van der Waals surface area contributed by atoms with Crippen LogP contribution in [0.4, 0.5) is 0 Å². The zero-order chi connectivity index (χ0) is 8.10. The Bertz CT molecular complexity index is 106. The number of piperidine rings is 1. The first-order chi connectivity index (χ1) is 5.36. The van der Waals surface area contributed by atoms with Gasteiger partial charge in [-0.05, 0) is 31.8 Å². The minimum atomic E-state index is 0.530. The van der Waals surface area contributed by atoms with Crippen molar-refractivity contribution in [1.29, 1.82) is 0 Å². The van der Waals surface area contributed by atoms with E-state index < -0.39 is 0 Å². The third kappa shape index (κ3) is 2.77. The lowest BCUT2D eigenvalue weighted by molar-refractivity contribution is 0.140. The van der Waals surface area contributed by atoms with Crippen LogP contribution in [0, 0.1) is 5.92 Å². The molecule has 0 saturated carbocycles. The van der Waals surface area contributed by atoms with E-state index in [4.69, 9.17) is 10.5 Å². The minimum absolute atomic E-state index is 0.530. The van der Waals surface area contributed by atoms with Gasteiger partial charge in [0.1, 0.15) is 0 Å². The standard InChI is InChI=1S/C8H18N2O/c1-11-6-8-4-7(5-9)2-3-10-8/h7-8,10H,2-6,9H2,1H3.